The van der Waals surface area contributed by atoms with Crippen LogP contribution in [0.4, 0.5) is 0 Å². The fraction of sp³-hybridized carbons (Fsp3) is 0.889. The highest BCUT2D eigenvalue weighted by Gasteiger charge is 2.14. The molecule has 16 heavy (non-hydrogen) atoms. The number of nitrogens with one attached hydrogen (secondary N) is 1. The first kappa shape index (κ1) is 15.3. The van der Waals surface area contributed by atoms with Gasteiger partial charge >= 0.3 is 0 Å². The van der Waals surface area contributed by atoms with Crippen molar-refractivity contribution in [1.29, 1.82) is 0 Å². The summed E-state index contributed by atoms with van der Waals surface area (Å²) in [5.74, 6) is 0.292. The Balaban J connectivity index is 0.000000288. The van der Waals surface area contributed by atoms with Gasteiger partial charge in [0.25, 0.3) is 0 Å². The van der Waals surface area contributed by atoms with Crippen molar-refractivity contribution in [2.45, 2.75) is 12.8 Å². The number of rotatable bonds is 6. The number of carbonyl (C=O) groups is 1. The standard InChI is InChI=1S/C5H9NO.C4H11NO4/c1-6-4-2-3-5(6)7;6-1-3-8-5-9-4-2-7/h2-4H2,1H3;5-7H,1-4H2. The van der Waals surface area contributed by atoms with E-state index in [1.807, 2.05) is 7.05 Å². The van der Waals surface area contributed by atoms with E-state index in [-0.39, 0.29) is 26.4 Å². The van der Waals surface area contributed by atoms with Crippen LogP contribution in [0.2, 0.25) is 0 Å². The van der Waals surface area contributed by atoms with Gasteiger partial charge in [0.1, 0.15) is 0 Å². The summed E-state index contributed by atoms with van der Waals surface area (Å²) in [7, 11) is 1.84. The van der Waals surface area contributed by atoms with Crippen LogP contribution in [0.5, 0.6) is 0 Å². The van der Waals surface area contributed by atoms with Crippen LogP contribution < -0.4 is 5.64 Å². The molecule has 1 aliphatic heterocycles. The molecule has 0 radical (unpaired) electrons. The minimum absolute atomic E-state index is 0.0600. The van der Waals surface area contributed by atoms with Gasteiger partial charge in [-0.3, -0.25) is 14.5 Å². The summed E-state index contributed by atoms with van der Waals surface area (Å²) in [6.45, 7) is 1.18. The first-order valence-corrected chi connectivity index (χ1v) is 5.16. The highest BCUT2D eigenvalue weighted by atomic mass is 16.9. The average molecular weight is 236 g/mol. The highest BCUT2D eigenvalue weighted by Crippen LogP contribution is 2.04. The van der Waals surface area contributed by atoms with Crippen molar-refractivity contribution in [3.05, 3.63) is 0 Å². The van der Waals surface area contributed by atoms with Crippen molar-refractivity contribution in [3.8, 4) is 0 Å². The summed E-state index contributed by atoms with van der Waals surface area (Å²) in [6.07, 6.45) is 1.81. The predicted molar refractivity (Wildman–Crippen MR) is 56.1 cm³/mol. The molecule has 1 aliphatic rings. The molecule has 1 saturated heterocycles. The first-order chi connectivity index (χ1) is 7.72. The molecular formula is C9H20N2O5. The van der Waals surface area contributed by atoms with E-state index in [9.17, 15) is 4.79 Å². The second kappa shape index (κ2) is 10.8. The Morgan fingerprint density at radius 1 is 1.31 bits per heavy atom. The van der Waals surface area contributed by atoms with Gasteiger partial charge in [0.15, 0.2) is 0 Å². The second-order valence-corrected chi connectivity index (χ2v) is 3.15. The smallest absolute Gasteiger partial charge is 0.222 e. The zero-order valence-corrected chi connectivity index (χ0v) is 9.52. The summed E-state index contributed by atoms with van der Waals surface area (Å²) in [5, 5.41) is 16.3. The largest absolute Gasteiger partial charge is 0.394 e. The zero-order valence-electron chi connectivity index (χ0n) is 9.52. The molecule has 3 N–H and O–H groups in total. The Morgan fingerprint density at radius 2 is 1.88 bits per heavy atom. The van der Waals surface area contributed by atoms with Gasteiger partial charge in [-0.25, -0.2) is 0 Å². The SMILES string of the molecule is CN1CCCC1=O.OCCONOCCO. The Kier molecular flexibility index (Phi) is 10.3. The summed E-state index contributed by atoms with van der Waals surface area (Å²) >= 11 is 0. The lowest BCUT2D eigenvalue weighted by Gasteiger charge is -2.03. The minimum Gasteiger partial charge on any atom is -0.394 e. The van der Waals surface area contributed by atoms with Gasteiger partial charge in [0.2, 0.25) is 5.91 Å². The molecule has 0 aromatic carbocycles. The Hall–Kier alpha value is -0.730. The maximum Gasteiger partial charge on any atom is 0.222 e. The Labute approximate surface area is 94.9 Å². The Bertz CT molecular complexity index is 173. The maximum atomic E-state index is 10.5. The molecule has 1 rings (SSSR count). The van der Waals surface area contributed by atoms with Crippen molar-refractivity contribution in [3.63, 3.8) is 0 Å². The fourth-order valence-corrected chi connectivity index (χ4v) is 0.999. The van der Waals surface area contributed by atoms with Gasteiger partial charge in [-0.1, -0.05) is 5.64 Å². The zero-order chi connectivity index (χ0) is 12.2. The van der Waals surface area contributed by atoms with E-state index in [1.54, 1.807) is 4.90 Å². The molecule has 1 fully saturated rings. The number of likely N-dealkylation sites (tertiary alicyclic amines) is 1. The molecule has 1 amide bonds. The van der Waals surface area contributed by atoms with E-state index < -0.39 is 0 Å². The number of hydrogen-bond acceptors (Lipinski definition) is 6. The van der Waals surface area contributed by atoms with Crippen molar-refractivity contribution in [2.24, 2.45) is 0 Å². The van der Waals surface area contributed by atoms with E-state index in [0.29, 0.717) is 5.91 Å². The van der Waals surface area contributed by atoms with E-state index in [1.165, 1.54) is 0 Å². The normalized spacial score (nSPS) is 14.9. The monoisotopic (exact) mass is 236 g/mol. The van der Waals surface area contributed by atoms with E-state index >= 15 is 0 Å². The van der Waals surface area contributed by atoms with E-state index in [0.717, 1.165) is 19.4 Å². The van der Waals surface area contributed by atoms with Crippen LogP contribution >= 0.6 is 0 Å². The van der Waals surface area contributed by atoms with Gasteiger partial charge in [0, 0.05) is 20.0 Å². The summed E-state index contributed by atoms with van der Waals surface area (Å²) < 4.78 is 0. The van der Waals surface area contributed by atoms with Crippen LogP contribution in [0.15, 0.2) is 0 Å². The summed E-state index contributed by atoms with van der Waals surface area (Å²) in [4.78, 5) is 21.2. The van der Waals surface area contributed by atoms with Crippen LogP contribution in [0.1, 0.15) is 12.8 Å². The Morgan fingerprint density at radius 3 is 2.12 bits per heavy atom. The molecule has 7 heteroatoms. The molecule has 0 aromatic heterocycles. The molecule has 0 bridgehead atoms. The number of aliphatic hydroxyl groups is 2. The van der Waals surface area contributed by atoms with Gasteiger partial charge in [0.05, 0.1) is 26.4 Å². The van der Waals surface area contributed by atoms with Crippen molar-refractivity contribution in [2.75, 3.05) is 40.0 Å². The third kappa shape index (κ3) is 8.57. The van der Waals surface area contributed by atoms with Gasteiger partial charge in [-0.15, -0.1) is 0 Å². The van der Waals surface area contributed by atoms with Gasteiger partial charge in [-0.2, -0.15) is 0 Å². The summed E-state index contributed by atoms with van der Waals surface area (Å²) in [6, 6.07) is 0. The third-order valence-corrected chi connectivity index (χ3v) is 1.81. The first-order valence-electron chi connectivity index (χ1n) is 5.16. The average Bonchev–Trinajstić information content (AvgIpc) is 2.64. The van der Waals surface area contributed by atoms with Gasteiger partial charge in [-0.05, 0) is 6.42 Å². The molecule has 0 spiro atoms. The maximum absolute atomic E-state index is 10.5. The van der Waals surface area contributed by atoms with Crippen LogP contribution in [0.3, 0.4) is 0 Å². The molecule has 7 nitrogen and oxygen atoms in total. The van der Waals surface area contributed by atoms with Gasteiger partial charge < -0.3 is 15.1 Å². The lowest BCUT2D eigenvalue weighted by Crippen LogP contribution is -2.19. The minimum atomic E-state index is -0.0600. The quantitative estimate of drug-likeness (QED) is 0.391. The molecule has 0 aromatic rings. The lowest BCUT2D eigenvalue weighted by molar-refractivity contribution is -0.178. The van der Waals surface area contributed by atoms with Crippen molar-refractivity contribution in [1.82, 2.24) is 10.5 Å². The number of carbonyl (C=O) groups excluding carboxylic acids is 1. The molecule has 0 unspecified atom stereocenters. The number of amides is 1. The predicted octanol–water partition coefficient (Wildman–Crippen LogP) is -1.34. The second-order valence-electron chi connectivity index (χ2n) is 3.15. The van der Waals surface area contributed by atoms with E-state index in [4.69, 9.17) is 10.2 Å². The molecule has 0 saturated carbocycles. The topological polar surface area (TPSA) is 91.3 Å². The van der Waals surface area contributed by atoms with E-state index in [2.05, 4.69) is 15.3 Å². The van der Waals surface area contributed by atoms with Crippen LogP contribution in [0, 0.1) is 0 Å². The highest BCUT2D eigenvalue weighted by molar-refractivity contribution is 5.77. The molecule has 0 atom stereocenters. The lowest BCUT2D eigenvalue weighted by atomic mass is 10.4. The van der Waals surface area contributed by atoms with Crippen LogP contribution in [0.25, 0.3) is 0 Å². The molecule has 0 aliphatic carbocycles. The fourth-order valence-electron chi connectivity index (χ4n) is 0.999. The number of hydrogen-bond donors (Lipinski definition) is 3. The third-order valence-electron chi connectivity index (χ3n) is 1.81. The molecule has 96 valence electrons. The van der Waals surface area contributed by atoms with Crippen molar-refractivity contribution >= 4 is 5.91 Å². The number of aliphatic hydroxyl groups excluding tert-OH is 2. The molecule has 1 heterocycles. The van der Waals surface area contributed by atoms with Crippen LogP contribution in [-0.4, -0.2) is 61.0 Å². The number of nitrogens with zero attached hydrogens (tertiary/aromatic N) is 1. The summed E-state index contributed by atoms with van der Waals surface area (Å²) in [5.41, 5.74) is 2.07. The van der Waals surface area contributed by atoms with Crippen LogP contribution in [-0.2, 0) is 14.5 Å². The van der Waals surface area contributed by atoms with Crippen molar-refractivity contribution < 1.29 is 24.7 Å². The molecular weight excluding hydrogens is 216 g/mol.